The van der Waals surface area contributed by atoms with Crippen molar-refractivity contribution in [3.8, 4) is 5.75 Å². The molecule has 23 heavy (non-hydrogen) atoms. The molecule has 5 atom stereocenters. The molecule has 2 aliphatic rings. The SMILES string of the molecule is COC(=O)[C@H]1[C@H]2CC(OC)O[C@H]2[C@@H]1OCc1ccc(OC)cc1. The number of fused-ring (bicyclic) bond motifs is 1. The Morgan fingerprint density at radius 2 is 1.96 bits per heavy atom. The Morgan fingerprint density at radius 3 is 2.57 bits per heavy atom. The number of hydrogen-bond donors (Lipinski definition) is 0. The summed E-state index contributed by atoms with van der Waals surface area (Å²) in [6.07, 6.45) is 0.0207. The lowest BCUT2D eigenvalue weighted by Gasteiger charge is -2.44. The van der Waals surface area contributed by atoms with Gasteiger partial charge in [-0.25, -0.2) is 0 Å². The molecule has 126 valence electrons. The second kappa shape index (κ2) is 6.86. The Hall–Kier alpha value is -1.63. The number of carbonyl (C=O) groups is 1. The van der Waals surface area contributed by atoms with Crippen molar-refractivity contribution < 1.29 is 28.5 Å². The van der Waals surface area contributed by atoms with Crippen LogP contribution < -0.4 is 4.74 Å². The van der Waals surface area contributed by atoms with Gasteiger partial charge in [0.2, 0.25) is 0 Å². The molecule has 1 aromatic rings. The second-order valence-electron chi connectivity index (χ2n) is 5.84. The number of esters is 1. The number of methoxy groups -OCH3 is 3. The molecule has 1 unspecified atom stereocenters. The summed E-state index contributed by atoms with van der Waals surface area (Å²) >= 11 is 0. The fraction of sp³-hybridized carbons (Fsp3) is 0.588. The minimum atomic E-state index is -0.297. The van der Waals surface area contributed by atoms with Gasteiger partial charge in [-0.15, -0.1) is 0 Å². The molecule has 1 aliphatic heterocycles. The Kier molecular flexibility index (Phi) is 4.84. The van der Waals surface area contributed by atoms with Gasteiger partial charge in [-0.3, -0.25) is 4.79 Å². The quantitative estimate of drug-likeness (QED) is 0.744. The van der Waals surface area contributed by atoms with Crippen molar-refractivity contribution in [3.05, 3.63) is 29.8 Å². The third-order valence-electron chi connectivity index (χ3n) is 4.67. The van der Waals surface area contributed by atoms with E-state index in [9.17, 15) is 4.79 Å². The molecule has 6 heteroatoms. The highest BCUT2D eigenvalue weighted by molar-refractivity contribution is 5.75. The van der Waals surface area contributed by atoms with Crippen molar-refractivity contribution in [1.82, 2.24) is 0 Å². The highest BCUT2D eigenvalue weighted by Crippen LogP contribution is 2.48. The van der Waals surface area contributed by atoms with Gasteiger partial charge in [-0.1, -0.05) is 12.1 Å². The maximum Gasteiger partial charge on any atom is 0.311 e. The standard InChI is InChI=1S/C17H22O6/c1-19-11-6-4-10(5-7-11)9-22-16-14(17(18)21-3)12-8-13(20-2)23-15(12)16/h4-7,12-16H,8-9H2,1-3H3/t12-,13?,14+,15-,16-/m1/s1. The van der Waals surface area contributed by atoms with Gasteiger partial charge in [-0.05, 0) is 17.7 Å². The highest BCUT2D eigenvalue weighted by atomic mass is 16.7. The fourth-order valence-corrected chi connectivity index (χ4v) is 3.37. The van der Waals surface area contributed by atoms with E-state index in [0.29, 0.717) is 13.0 Å². The van der Waals surface area contributed by atoms with Crippen molar-refractivity contribution >= 4 is 5.97 Å². The van der Waals surface area contributed by atoms with Crippen LogP contribution >= 0.6 is 0 Å². The van der Waals surface area contributed by atoms with Gasteiger partial charge >= 0.3 is 5.97 Å². The summed E-state index contributed by atoms with van der Waals surface area (Å²) in [4.78, 5) is 12.0. The van der Waals surface area contributed by atoms with Gasteiger partial charge < -0.3 is 23.7 Å². The van der Waals surface area contributed by atoms with Crippen LogP contribution in [0.2, 0.25) is 0 Å². The van der Waals surface area contributed by atoms with Gasteiger partial charge in [0.1, 0.15) is 5.75 Å². The minimum absolute atomic E-state index is 0.105. The third-order valence-corrected chi connectivity index (χ3v) is 4.67. The summed E-state index contributed by atoms with van der Waals surface area (Å²) in [6, 6.07) is 7.64. The zero-order chi connectivity index (χ0) is 16.4. The van der Waals surface area contributed by atoms with Crippen molar-refractivity contribution in [2.45, 2.75) is 31.5 Å². The highest BCUT2D eigenvalue weighted by Gasteiger charge is 2.61. The maximum atomic E-state index is 12.0. The molecule has 6 nitrogen and oxygen atoms in total. The Morgan fingerprint density at radius 1 is 1.22 bits per heavy atom. The van der Waals surface area contributed by atoms with Crippen molar-refractivity contribution in [1.29, 1.82) is 0 Å². The van der Waals surface area contributed by atoms with E-state index in [1.165, 1.54) is 7.11 Å². The third kappa shape index (κ3) is 3.06. The summed E-state index contributed by atoms with van der Waals surface area (Å²) in [5, 5.41) is 0. The Labute approximate surface area is 135 Å². The molecule has 1 saturated carbocycles. The first kappa shape index (κ1) is 16.2. The largest absolute Gasteiger partial charge is 0.497 e. The van der Waals surface area contributed by atoms with Crippen LogP contribution in [-0.4, -0.2) is 45.8 Å². The predicted molar refractivity (Wildman–Crippen MR) is 80.9 cm³/mol. The zero-order valence-corrected chi connectivity index (χ0v) is 13.6. The molecule has 0 N–H and O–H groups in total. The molecule has 1 saturated heterocycles. The molecule has 0 amide bonds. The summed E-state index contributed by atoms with van der Waals surface area (Å²) in [5.41, 5.74) is 1.01. The van der Waals surface area contributed by atoms with Crippen LogP contribution in [0.1, 0.15) is 12.0 Å². The number of carbonyl (C=O) groups excluding carboxylic acids is 1. The van der Waals surface area contributed by atoms with E-state index in [1.54, 1.807) is 14.2 Å². The smallest absolute Gasteiger partial charge is 0.311 e. The van der Waals surface area contributed by atoms with Crippen LogP contribution in [-0.2, 0) is 30.3 Å². The molecule has 3 rings (SSSR count). The van der Waals surface area contributed by atoms with Crippen molar-refractivity contribution in [2.24, 2.45) is 11.8 Å². The molecule has 2 fully saturated rings. The van der Waals surface area contributed by atoms with E-state index in [0.717, 1.165) is 11.3 Å². The first-order valence-corrected chi connectivity index (χ1v) is 7.68. The summed E-state index contributed by atoms with van der Waals surface area (Å²) in [6.45, 7) is 0.409. The lowest BCUT2D eigenvalue weighted by atomic mass is 9.68. The van der Waals surface area contributed by atoms with Crippen LogP contribution in [0.5, 0.6) is 5.75 Å². The number of ether oxygens (including phenoxy) is 5. The lowest BCUT2D eigenvalue weighted by Crippen LogP contribution is -2.58. The molecule has 1 heterocycles. The number of benzene rings is 1. The van der Waals surface area contributed by atoms with E-state index in [1.807, 2.05) is 24.3 Å². The van der Waals surface area contributed by atoms with E-state index >= 15 is 0 Å². The van der Waals surface area contributed by atoms with Gasteiger partial charge in [0, 0.05) is 19.4 Å². The van der Waals surface area contributed by atoms with E-state index < -0.39 is 0 Å². The van der Waals surface area contributed by atoms with Crippen LogP contribution in [0.25, 0.3) is 0 Å². The molecule has 1 aliphatic carbocycles. The molecule has 0 radical (unpaired) electrons. The lowest BCUT2D eigenvalue weighted by molar-refractivity contribution is -0.214. The first-order valence-electron chi connectivity index (χ1n) is 7.68. The molecular formula is C17H22O6. The molecule has 0 spiro atoms. The molecule has 0 bridgehead atoms. The summed E-state index contributed by atoms with van der Waals surface area (Å²) in [5.74, 6) is 0.370. The monoisotopic (exact) mass is 322 g/mol. The van der Waals surface area contributed by atoms with Crippen LogP contribution in [0.15, 0.2) is 24.3 Å². The fourth-order valence-electron chi connectivity index (χ4n) is 3.37. The van der Waals surface area contributed by atoms with Crippen molar-refractivity contribution in [2.75, 3.05) is 21.3 Å². The van der Waals surface area contributed by atoms with E-state index in [2.05, 4.69) is 0 Å². The van der Waals surface area contributed by atoms with Crippen LogP contribution in [0, 0.1) is 11.8 Å². The first-order chi connectivity index (χ1) is 11.2. The van der Waals surface area contributed by atoms with Crippen LogP contribution in [0.4, 0.5) is 0 Å². The number of rotatable bonds is 6. The average molecular weight is 322 g/mol. The summed E-state index contributed by atoms with van der Waals surface area (Å²) in [7, 11) is 4.64. The van der Waals surface area contributed by atoms with Gasteiger partial charge in [0.15, 0.2) is 6.29 Å². The Bertz CT molecular complexity index is 543. The maximum absolute atomic E-state index is 12.0. The van der Waals surface area contributed by atoms with Gasteiger partial charge in [0.25, 0.3) is 0 Å². The van der Waals surface area contributed by atoms with E-state index in [-0.39, 0.29) is 36.3 Å². The van der Waals surface area contributed by atoms with Crippen LogP contribution in [0.3, 0.4) is 0 Å². The van der Waals surface area contributed by atoms with E-state index in [4.69, 9.17) is 23.7 Å². The molecule has 1 aromatic carbocycles. The average Bonchev–Trinajstić information content (AvgIpc) is 2.94. The van der Waals surface area contributed by atoms with Crippen molar-refractivity contribution in [3.63, 3.8) is 0 Å². The minimum Gasteiger partial charge on any atom is -0.497 e. The van der Waals surface area contributed by atoms with Gasteiger partial charge in [0.05, 0.1) is 39.0 Å². The molecular weight excluding hydrogens is 300 g/mol. The predicted octanol–water partition coefficient (Wildman–Crippen LogP) is 1.76. The van der Waals surface area contributed by atoms with Gasteiger partial charge in [-0.2, -0.15) is 0 Å². The summed E-state index contributed by atoms with van der Waals surface area (Å²) < 4.78 is 27.0. The topological polar surface area (TPSA) is 63.2 Å². The second-order valence-corrected chi connectivity index (χ2v) is 5.84. The molecule has 0 aromatic heterocycles. The zero-order valence-electron chi connectivity index (χ0n) is 13.6. The Balaban J connectivity index is 1.63. The number of hydrogen-bond acceptors (Lipinski definition) is 6. The normalized spacial score (nSPS) is 32.0.